The van der Waals surface area contributed by atoms with Gasteiger partial charge in [-0.2, -0.15) is 0 Å². The molecule has 0 aromatic heterocycles. The molecule has 0 N–H and O–H groups in total. The number of hydrogen-bond donors (Lipinski definition) is 0. The number of carbonyl (C=O) groups excluding carboxylic acids is 4. The van der Waals surface area contributed by atoms with Crippen molar-refractivity contribution in [2.45, 2.75) is 19.8 Å². The summed E-state index contributed by atoms with van der Waals surface area (Å²) in [6, 6.07) is 0. The Morgan fingerprint density at radius 1 is 0.857 bits per heavy atom. The van der Waals surface area contributed by atoms with Crippen molar-refractivity contribution >= 4 is 23.9 Å². The van der Waals surface area contributed by atoms with Gasteiger partial charge in [-0.15, -0.1) is 0 Å². The van der Waals surface area contributed by atoms with Crippen LogP contribution in [-0.4, -0.2) is 23.9 Å². The largest absolute Gasteiger partial charge is 0.393 e. The van der Waals surface area contributed by atoms with Crippen molar-refractivity contribution < 1.29 is 28.7 Å². The van der Waals surface area contributed by atoms with E-state index in [1.807, 2.05) is 0 Å². The molecule has 0 amide bonds. The first kappa shape index (κ1) is 11.9. The third-order valence-electron chi connectivity index (χ3n) is 6.85. The van der Waals surface area contributed by atoms with E-state index in [-0.39, 0.29) is 17.8 Å². The summed E-state index contributed by atoms with van der Waals surface area (Å²) in [5.41, 5.74) is -0.391. The maximum absolute atomic E-state index is 12.1. The molecule has 3 aliphatic carbocycles. The molecule has 6 nitrogen and oxygen atoms in total. The number of rotatable bonds is 0. The van der Waals surface area contributed by atoms with E-state index in [4.69, 9.17) is 9.47 Å². The van der Waals surface area contributed by atoms with Crippen molar-refractivity contribution in [3.05, 3.63) is 0 Å². The van der Waals surface area contributed by atoms with Crippen LogP contribution in [-0.2, 0) is 28.7 Å². The van der Waals surface area contributed by atoms with Gasteiger partial charge in [-0.05, 0) is 36.0 Å². The van der Waals surface area contributed by atoms with Gasteiger partial charge in [-0.25, -0.2) is 0 Å². The summed E-state index contributed by atoms with van der Waals surface area (Å²) in [6.45, 7) is 2.06. The predicted molar refractivity (Wildman–Crippen MR) is 64.0 cm³/mol. The molecule has 8 unspecified atom stereocenters. The lowest BCUT2D eigenvalue weighted by molar-refractivity contribution is -0.172. The lowest BCUT2D eigenvalue weighted by Crippen LogP contribution is -2.59. The molecule has 2 aliphatic heterocycles. The molecule has 0 bridgehead atoms. The van der Waals surface area contributed by atoms with Crippen molar-refractivity contribution in [3.63, 3.8) is 0 Å². The normalized spacial score (nSPS) is 56.3. The molecule has 8 atom stereocenters. The highest BCUT2D eigenvalue weighted by Gasteiger charge is 2.85. The second-order valence-corrected chi connectivity index (χ2v) is 7.22. The predicted octanol–water partition coefficient (Wildman–Crippen LogP) is 0.294. The minimum Gasteiger partial charge on any atom is -0.393 e. The molecule has 0 aromatic rings. The molecule has 1 spiro atoms. The lowest BCUT2D eigenvalue weighted by atomic mass is 9.45. The van der Waals surface area contributed by atoms with Gasteiger partial charge in [0.05, 0.1) is 23.7 Å². The van der Waals surface area contributed by atoms with Gasteiger partial charge in [0.25, 0.3) is 0 Å². The molecule has 5 aliphatic rings. The van der Waals surface area contributed by atoms with Crippen LogP contribution in [0.15, 0.2) is 0 Å². The van der Waals surface area contributed by atoms with Crippen molar-refractivity contribution in [2.24, 2.45) is 46.8 Å². The van der Waals surface area contributed by atoms with E-state index in [9.17, 15) is 19.2 Å². The Bertz CT molecular complexity index is 638. The maximum atomic E-state index is 12.1. The van der Waals surface area contributed by atoms with Crippen molar-refractivity contribution in [2.75, 3.05) is 0 Å². The Morgan fingerprint density at radius 3 is 2.14 bits per heavy atom. The molecule has 5 rings (SSSR count). The van der Waals surface area contributed by atoms with Gasteiger partial charge in [0, 0.05) is 0 Å². The summed E-state index contributed by atoms with van der Waals surface area (Å²) >= 11 is 0. The van der Waals surface area contributed by atoms with Crippen molar-refractivity contribution in [1.82, 2.24) is 0 Å². The molecule has 5 fully saturated rings. The Morgan fingerprint density at radius 2 is 1.43 bits per heavy atom. The van der Waals surface area contributed by atoms with E-state index in [1.54, 1.807) is 0 Å². The first-order chi connectivity index (χ1) is 9.98. The molecule has 2 heterocycles. The van der Waals surface area contributed by atoms with E-state index in [1.165, 1.54) is 0 Å². The Hall–Kier alpha value is -1.72. The molecule has 0 aromatic carbocycles. The number of cyclic esters (lactones) is 4. The zero-order chi connectivity index (χ0) is 14.7. The highest BCUT2D eigenvalue weighted by molar-refractivity contribution is 6.03. The van der Waals surface area contributed by atoms with Crippen LogP contribution >= 0.6 is 0 Å². The lowest BCUT2D eigenvalue weighted by Gasteiger charge is -2.53. The number of carbonyl (C=O) groups is 4. The van der Waals surface area contributed by atoms with Gasteiger partial charge < -0.3 is 9.47 Å². The average molecular weight is 290 g/mol. The van der Waals surface area contributed by atoms with Gasteiger partial charge in [0.1, 0.15) is 0 Å². The number of ether oxygens (including phenoxy) is 2. The molecule has 110 valence electrons. The summed E-state index contributed by atoms with van der Waals surface area (Å²) in [7, 11) is 0. The molecule has 21 heavy (non-hydrogen) atoms. The molecule has 2 saturated heterocycles. The van der Waals surface area contributed by atoms with Crippen LogP contribution in [0.1, 0.15) is 19.8 Å². The molecular weight excluding hydrogens is 276 g/mol. The minimum absolute atomic E-state index is 0.0360. The summed E-state index contributed by atoms with van der Waals surface area (Å²) in [5.74, 6) is -3.99. The summed E-state index contributed by atoms with van der Waals surface area (Å²) in [5, 5.41) is 0. The van der Waals surface area contributed by atoms with Gasteiger partial charge in [0.2, 0.25) is 0 Å². The topological polar surface area (TPSA) is 86.7 Å². The third-order valence-corrected chi connectivity index (χ3v) is 6.85. The van der Waals surface area contributed by atoms with E-state index in [0.29, 0.717) is 0 Å². The monoisotopic (exact) mass is 290 g/mol. The molecule has 6 heteroatoms. The fraction of sp³-hybridized carbons (Fsp3) is 0.733. The fourth-order valence-corrected chi connectivity index (χ4v) is 6.46. The second-order valence-electron chi connectivity index (χ2n) is 7.22. The van der Waals surface area contributed by atoms with Crippen molar-refractivity contribution in [1.29, 1.82) is 0 Å². The van der Waals surface area contributed by atoms with Crippen LogP contribution in [0.4, 0.5) is 0 Å². The average Bonchev–Trinajstić information content (AvgIpc) is 3.00. The van der Waals surface area contributed by atoms with E-state index in [0.717, 1.165) is 12.8 Å². The highest BCUT2D eigenvalue weighted by atomic mass is 16.6. The summed E-state index contributed by atoms with van der Waals surface area (Å²) in [4.78, 5) is 48.2. The van der Waals surface area contributed by atoms with Crippen molar-refractivity contribution in [3.8, 4) is 0 Å². The number of esters is 4. The van der Waals surface area contributed by atoms with E-state index in [2.05, 4.69) is 6.92 Å². The van der Waals surface area contributed by atoms with Gasteiger partial charge in [-0.3, -0.25) is 19.2 Å². The Balaban J connectivity index is 1.71. The second kappa shape index (κ2) is 3.20. The van der Waals surface area contributed by atoms with Crippen LogP contribution < -0.4 is 0 Å². The first-order valence-corrected chi connectivity index (χ1v) is 7.49. The number of hydrogen-bond acceptors (Lipinski definition) is 6. The zero-order valence-corrected chi connectivity index (χ0v) is 11.4. The SMILES string of the molecule is CC1CCC23C4C(=O)OC(=O)C4C2C2C(=O)OC(=O)C2C13. The van der Waals surface area contributed by atoms with Crippen LogP contribution in [0.2, 0.25) is 0 Å². The highest BCUT2D eigenvalue weighted by Crippen LogP contribution is 2.79. The standard InChI is InChI=1S/C15H14O6/c1-4-2-3-15-8(4)5-6(12(17)20-11(5)16)9(15)7-10(15)14(19)21-13(7)18/h4-10H,2-3H2,1H3. The maximum Gasteiger partial charge on any atom is 0.318 e. The van der Waals surface area contributed by atoms with Crippen LogP contribution in [0, 0.1) is 46.8 Å². The summed E-state index contributed by atoms with van der Waals surface area (Å²) < 4.78 is 9.65. The molecule has 3 saturated carbocycles. The van der Waals surface area contributed by atoms with E-state index >= 15 is 0 Å². The Labute approximate surface area is 120 Å². The third kappa shape index (κ3) is 0.981. The Kier molecular flexibility index (Phi) is 1.81. The van der Waals surface area contributed by atoms with E-state index < -0.39 is 53.0 Å². The fourth-order valence-electron chi connectivity index (χ4n) is 6.46. The number of fused-ring (bicyclic) bond motifs is 5. The molecule has 0 radical (unpaired) electrons. The quantitative estimate of drug-likeness (QED) is 0.471. The zero-order valence-electron chi connectivity index (χ0n) is 11.4. The smallest absolute Gasteiger partial charge is 0.318 e. The summed E-state index contributed by atoms with van der Waals surface area (Å²) in [6.07, 6.45) is 1.71. The van der Waals surface area contributed by atoms with Gasteiger partial charge >= 0.3 is 23.9 Å². The molecular formula is C15H14O6. The van der Waals surface area contributed by atoms with Gasteiger partial charge in [0.15, 0.2) is 0 Å². The van der Waals surface area contributed by atoms with Crippen LogP contribution in [0.3, 0.4) is 0 Å². The van der Waals surface area contributed by atoms with Gasteiger partial charge in [-0.1, -0.05) is 6.92 Å². The van der Waals surface area contributed by atoms with Crippen LogP contribution in [0.25, 0.3) is 0 Å². The van der Waals surface area contributed by atoms with Crippen LogP contribution in [0.5, 0.6) is 0 Å². The minimum atomic E-state index is -0.551. The first-order valence-electron chi connectivity index (χ1n) is 7.49.